The summed E-state index contributed by atoms with van der Waals surface area (Å²) in [6, 6.07) is 0. The molecule has 3 nitrogen and oxygen atoms in total. The van der Waals surface area contributed by atoms with Crippen LogP contribution in [0.25, 0.3) is 0 Å². The molecule has 0 radical (unpaired) electrons. The molecule has 13 heavy (non-hydrogen) atoms. The Bertz CT molecular complexity index is 178. The van der Waals surface area contributed by atoms with Gasteiger partial charge >= 0.3 is 0 Å². The van der Waals surface area contributed by atoms with E-state index in [0.29, 0.717) is 12.3 Å². The zero-order valence-corrected chi connectivity index (χ0v) is 8.91. The second-order valence-electron chi connectivity index (χ2n) is 3.39. The highest BCUT2D eigenvalue weighted by Gasteiger charge is 2.23. The Kier molecular flexibility index (Phi) is 5.39. The van der Waals surface area contributed by atoms with Crippen molar-refractivity contribution >= 4 is 5.91 Å². The molecule has 0 fully saturated rings. The van der Waals surface area contributed by atoms with Crippen molar-refractivity contribution in [2.45, 2.75) is 20.3 Å². The first-order valence-electron chi connectivity index (χ1n) is 4.47. The van der Waals surface area contributed by atoms with Gasteiger partial charge in [0.2, 0.25) is 5.91 Å². The molecule has 0 aliphatic rings. The highest BCUT2D eigenvalue weighted by molar-refractivity contribution is 5.77. The number of amides is 1. The van der Waals surface area contributed by atoms with E-state index in [4.69, 9.17) is 4.84 Å². The molecule has 1 atom stereocenters. The topological polar surface area (TPSA) is 29.5 Å². The molecule has 0 aromatic carbocycles. The van der Waals surface area contributed by atoms with Gasteiger partial charge in [-0.3, -0.25) is 9.63 Å². The van der Waals surface area contributed by atoms with E-state index < -0.39 is 0 Å². The average Bonchev–Trinajstić information content (AvgIpc) is 2.11. The second kappa shape index (κ2) is 5.75. The summed E-state index contributed by atoms with van der Waals surface area (Å²) in [5.74, 6) is 0.294. The summed E-state index contributed by atoms with van der Waals surface area (Å²) in [5.41, 5.74) is 0. The summed E-state index contributed by atoms with van der Waals surface area (Å²) >= 11 is 0. The van der Waals surface area contributed by atoms with Crippen LogP contribution in [-0.2, 0) is 9.63 Å². The third kappa shape index (κ3) is 3.59. The Labute approximate surface area is 80.3 Å². The molecule has 0 heterocycles. The van der Waals surface area contributed by atoms with Crippen LogP contribution in [0.4, 0.5) is 0 Å². The minimum atomic E-state index is -0.0255. The number of nitrogens with zero attached hydrogens (tertiary/aromatic N) is 1. The molecule has 0 N–H and O–H groups in total. The van der Waals surface area contributed by atoms with Crippen molar-refractivity contribution in [3.05, 3.63) is 12.7 Å². The smallest absolute Gasteiger partial charge is 0.249 e. The SMILES string of the molecule is C=CC[C@H](C(=O)N(C)OC)C(C)C. The minimum Gasteiger partial charge on any atom is -0.275 e. The van der Waals surface area contributed by atoms with Gasteiger partial charge in [0.25, 0.3) is 0 Å². The third-order valence-electron chi connectivity index (χ3n) is 2.13. The van der Waals surface area contributed by atoms with Gasteiger partial charge in [-0.2, -0.15) is 0 Å². The van der Waals surface area contributed by atoms with E-state index in [2.05, 4.69) is 6.58 Å². The number of hydrogen-bond acceptors (Lipinski definition) is 2. The average molecular weight is 185 g/mol. The van der Waals surface area contributed by atoms with E-state index in [9.17, 15) is 4.79 Å². The molecule has 0 saturated carbocycles. The molecule has 0 unspecified atom stereocenters. The van der Waals surface area contributed by atoms with Gasteiger partial charge in [-0.25, -0.2) is 5.06 Å². The van der Waals surface area contributed by atoms with Crippen LogP contribution in [0.1, 0.15) is 20.3 Å². The van der Waals surface area contributed by atoms with Crippen LogP contribution in [0.3, 0.4) is 0 Å². The van der Waals surface area contributed by atoms with E-state index in [1.54, 1.807) is 13.1 Å². The van der Waals surface area contributed by atoms with Crippen molar-refractivity contribution in [1.29, 1.82) is 0 Å². The summed E-state index contributed by atoms with van der Waals surface area (Å²) in [6.07, 6.45) is 2.47. The number of carbonyl (C=O) groups excluding carboxylic acids is 1. The Balaban J connectivity index is 4.35. The molecule has 3 heteroatoms. The van der Waals surface area contributed by atoms with Crippen LogP contribution in [-0.4, -0.2) is 25.1 Å². The fourth-order valence-corrected chi connectivity index (χ4v) is 1.16. The number of rotatable bonds is 5. The molecule has 0 aromatic rings. The normalized spacial score (nSPS) is 12.7. The standard InChI is InChI=1S/C10H19NO2/c1-6-7-9(8(2)3)10(12)11(4)13-5/h6,8-9H,1,7H2,2-5H3/t9-/m0/s1. The number of allylic oxidation sites excluding steroid dienone is 1. The highest BCUT2D eigenvalue weighted by Crippen LogP contribution is 2.17. The van der Waals surface area contributed by atoms with Gasteiger partial charge in [0.15, 0.2) is 0 Å². The van der Waals surface area contributed by atoms with Gasteiger partial charge in [-0.15, -0.1) is 6.58 Å². The molecular formula is C10H19NO2. The van der Waals surface area contributed by atoms with Gasteiger partial charge in [0.1, 0.15) is 0 Å². The maximum atomic E-state index is 11.7. The molecule has 0 spiro atoms. The van der Waals surface area contributed by atoms with Crippen LogP contribution in [0.5, 0.6) is 0 Å². The third-order valence-corrected chi connectivity index (χ3v) is 2.13. The monoisotopic (exact) mass is 185 g/mol. The van der Waals surface area contributed by atoms with Crippen molar-refractivity contribution in [3.8, 4) is 0 Å². The molecule has 0 aliphatic heterocycles. The molecule has 0 bridgehead atoms. The predicted molar refractivity (Wildman–Crippen MR) is 52.9 cm³/mol. The van der Waals surface area contributed by atoms with E-state index in [1.165, 1.54) is 12.2 Å². The lowest BCUT2D eigenvalue weighted by Gasteiger charge is -2.23. The summed E-state index contributed by atoms with van der Waals surface area (Å²) < 4.78 is 0. The lowest BCUT2D eigenvalue weighted by molar-refractivity contribution is -0.174. The van der Waals surface area contributed by atoms with Crippen molar-refractivity contribution in [2.75, 3.05) is 14.2 Å². The first kappa shape index (κ1) is 12.2. The van der Waals surface area contributed by atoms with E-state index in [0.717, 1.165) is 0 Å². The fourth-order valence-electron chi connectivity index (χ4n) is 1.16. The molecular weight excluding hydrogens is 166 g/mol. The summed E-state index contributed by atoms with van der Waals surface area (Å²) in [4.78, 5) is 16.5. The van der Waals surface area contributed by atoms with Crippen LogP contribution >= 0.6 is 0 Å². The highest BCUT2D eigenvalue weighted by atomic mass is 16.7. The zero-order chi connectivity index (χ0) is 10.4. The van der Waals surface area contributed by atoms with E-state index in [1.807, 2.05) is 13.8 Å². The maximum absolute atomic E-state index is 11.7. The van der Waals surface area contributed by atoms with Crippen LogP contribution in [0.15, 0.2) is 12.7 Å². The molecule has 0 aliphatic carbocycles. The zero-order valence-electron chi connectivity index (χ0n) is 8.91. The van der Waals surface area contributed by atoms with Crippen molar-refractivity contribution in [2.24, 2.45) is 11.8 Å². The Morgan fingerprint density at radius 2 is 2.15 bits per heavy atom. The molecule has 0 saturated heterocycles. The van der Waals surface area contributed by atoms with Crippen molar-refractivity contribution in [3.63, 3.8) is 0 Å². The summed E-state index contributed by atoms with van der Waals surface area (Å²) in [5, 5.41) is 1.27. The Morgan fingerprint density at radius 1 is 1.62 bits per heavy atom. The van der Waals surface area contributed by atoms with Crippen LogP contribution in [0, 0.1) is 11.8 Å². The number of hydroxylamine groups is 2. The predicted octanol–water partition coefficient (Wildman–Crippen LogP) is 1.85. The van der Waals surface area contributed by atoms with Gasteiger partial charge < -0.3 is 0 Å². The molecule has 0 aromatic heterocycles. The lowest BCUT2D eigenvalue weighted by atomic mass is 9.92. The van der Waals surface area contributed by atoms with Gasteiger partial charge in [-0.1, -0.05) is 19.9 Å². The second-order valence-corrected chi connectivity index (χ2v) is 3.39. The quantitative estimate of drug-likeness (QED) is 0.483. The van der Waals surface area contributed by atoms with Crippen LogP contribution in [0.2, 0.25) is 0 Å². The van der Waals surface area contributed by atoms with Crippen molar-refractivity contribution < 1.29 is 9.63 Å². The summed E-state index contributed by atoms with van der Waals surface area (Å²) in [7, 11) is 3.12. The van der Waals surface area contributed by atoms with Gasteiger partial charge in [0, 0.05) is 13.0 Å². The Hall–Kier alpha value is -0.830. The first-order chi connectivity index (χ1) is 6.04. The molecule has 1 amide bonds. The molecule has 0 rings (SSSR count). The van der Waals surface area contributed by atoms with Crippen molar-refractivity contribution in [1.82, 2.24) is 5.06 Å². The first-order valence-corrected chi connectivity index (χ1v) is 4.47. The Morgan fingerprint density at radius 3 is 2.46 bits per heavy atom. The van der Waals surface area contributed by atoms with Gasteiger partial charge in [0.05, 0.1) is 7.11 Å². The lowest BCUT2D eigenvalue weighted by Crippen LogP contribution is -2.34. The fraction of sp³-hybridized carbons (Fsp3) is 0.700. The van der Waals surface area contributed by atoms with E-state index in [-0.39, 0.29) is 11.8 Å². The number of carbonyl (C=O) groups is 1. The summed E-state index contributed by atoms with van der Waals surface area (Å²) in [6.45, 7) is 7.69. The molecule has 76 valence electrons. The van der Waals surface area contributed by atoms with Crippen LogP contribution < -0.4 is 0 Å². The van der Waals surface area contributed by atoms with E-state index >= 15 is 0 Å². The number of hydrogen-bond donors (Lipinski definition) is 0. The minimum absolute atomic E-state index is 0.0115. The van der Waals surface area contributed by atoms with Gasteiger partial charge in [-0.05, 0) is 12.3 Å². The largest absolute Gasteiger partial charge is 0.275 e. The maximum Gasteiger partial charge on any atom is 0.249 e.